The van der Waals surface area contributed by atoms with Gasteiger partial charge in [0.05, 0.1) is 26.0 Å². The van der Waals surface area contributed by atoms with Crippen molar-refractivity contribution in [3.63, 3.8) is 0 Å². The zero-order valence-corrected chi connectivity index (χ0v) is 11.2. The van der Waals surface area contributed by atoms with Crippen LogP contribution in [0.3, 0.4) is 0 Å². The maximum Gasteiger partial charge on any atom is 0.142 e. The Bertz CT molecular complexity index is 395. The summed E-state index contributed by atoms with van der Waals surface area (Å²) in [6.45, 7) is 2.92. The van der Waals surface area contributed by atoms with Crippen LogP contribution in [0.4, 0.5) is 5.69 Å². The van der Waals surface area contributed by atoms with Crippen molar-refractivity contribution in [1.82, 2.24) is 0 Å². The molecule has 1 heterocycles. The van der Waals surface area contributed by atoms with Crippen LogP contribution < -0.4 is 14.8 Å². The smallest absolute Gasteiger partial charge is 0.142 e. The molecular formula is C14H21NO3. The lowest BCUT2D eigenvalue weighted by Gasteiger charge is -2.29. The number of rotatable bonds is 4. The van der Waals surface area contributed by atoms with E-state index in [1.54, 1.807) is 14.2 Å². The largest absolute Gasteiger partial charge is 0.497 e. The van der Waals surface area contributed by atoms with Crippen molar-refractivity contribution >= 4 is 5.69 Å². The summed E-state index contributed by atoms with van der Waals surface area (Å²) in [5.74, 6) is 1.67. The van der Waals surface area contributed by atoms with Crippen LogP contribution >= 0.6 is 0 Å². The van der Waals surface area contributed by atoms with Crippen LogP contribution in [-0.2, 0) is 4.74 Å². The molecule has 2 rings (SSSR count). The van der Waals surface area contributed by atoms with E-state index in [0.717, 1.165) is 36.6 Å². The highest BCUT2D eigenvalue weighted by Gasteiger charge is 2.20. The predicted octanol–water partition coefficient (Wildman–Crippen LogP) is 2.68. The number of methoxy groups -OCH3 is 2. The molecule has 1 aliphatic heterocycles. The van der Waals surface area contributed by atoms with Crippen molar-refractivity contribution in [2.75, 3.05) is 26.1 Å². The Morgan fingerprint density at radius 2 is 2.11 bits per heavy atom. The number of benzene rings is 1. The molecule has 0 aliphatic carbocycles. The fourth-order valence-corrected chi connectivity index (χ4v) is 2.28. The fraction of sp³-hybridized carbons (Fsp3) is 0.571. The number of hydrogen-bond acceptors (Lipinski definition) is 4. The highest BCUT2D eigenvalue weighted by Crippen LogP contribution is 2.31. The Balaban J connectivity index is 2.11. The van der Waals surface area contributed by atoms with E-state index in [1.165, 1.54) is 0 Å². The van der Waals surface area contributed by atoms with Crippen LogP contribution in [0.2, 0.25) is 0 Å². The molecule has 0 spiro atoms. The standard InChI is InChI=1S/C14H21NO3/c1-10-8-11(6-7-18-10)15-13-9-12(16-2)4-5-14(13)17-3/h4-5,9-11,15H,6-8H2,1-3H3. The van der Waals surface area contributed by atoms with Crippen LogP contribution in [0.15, 0.2) is 18.2 Å². The third-order valence-corrected chi connectivity index (χ3v) is 3.25. The molecule has 2 atom stereocenters. The molecule has 0 aromatic heterocycles. The van der Waals surface area contributed by atoms with Crippen LogP contribution in [-0.4, -0.2) is 33.0 Å². The lowest BCUT2D eigenvalue weighted by molar-refractivity contribution is 0.0232. The van der Waals surface area contributed by atoms with Gasteiger partial charge in [-0.2, -0.15) is 0 Å². The first-order valence-electron chi connectivity index (χ1n) is 6.33. The second-order valence-corrected chi connectivity index (χ2v) is 4.61. The maximum absolute atomic E-state index is 5.55. The average Bonchev–Trinajstić information content (AvgIpc) is 2.38. The maximum atomic E-state index is 5.55. The lowest BCUT2D eigenvalue weighted by atomic mass is 10.0. The molecule has 1 aromatic carbocycles. The Morgan fingerprint density at radius 3 is 2.78 bits per heavy atom. The Morgan fingerprint density at radius 1 is 1.28 bits per heavy atom. The lowest BCUT2D eigenvalue weighted by Crippen LogP contribution is -2.32. The molecule has 100 valence electrons. The summed E-state index contributed by atoms with van der Waals surface area (Å²) in [6, 6.07) is 6.22. The second-order valence-electron chi connectivity index (χ2n) is 4.61. The molecule has 0 saturated carbocycles. The molecule has 0 radical (unpaired) electrons. The van der Waals surface area contributed by atoms with E-state index in [9.17, 15) is 0 Å². The van der Waals surface area contributed by atoms with Gasteiger partial charge >= 0.3 is 0 Å². The van der Waals surface area contributed by atoms with Crippen LogP contribution in [0.5, 0.6) is 11.5 Å². The van der Waals surface area contributed by atoms with E-state index >= 15 is 0 Å². The van der Waals surface area contributed by atoms with E-state index in [4.69, 9.17) is 14.2 Å². The highest BCUT2D eigenvalue weighted by atomic mass is 16.5. The quantitative estimate of drug-likeness (QED) is 0.893. The highest BCUT2D eigenvalue weighted by molar-refractivity contribution is 5.60. The van der Waals surface area contributed by atoms with E-state index in [-0.39, 0.29) is 0 Å². The molecule has 18 heavy (non-hydrogen) atoms. The molecule has 0 amide bonds. The van der Waals surface area contributed by atoms with Crippen molar-refractivity contribution in [3.8, 4) is 11.5 Å². The SMILES string of the molecule is COc1ccc(OC)c(NC2CCOC(C)C2)c1. The minimum Gasteiger partial charge on any atom is -0.497 e. The summed E-state index contributed by atoms with van der Waals surface area (Å²) < 4.78 is 16.2. The Labute approximate surface area is 108 Å². The molecule has 1 saturated heterocycles. The number of nitrogens with one attached hydrogen (secondary N) is 1. The van der Waals surface area contributed by atoms with Gasteiger partial charge in [-0.15, -0.1) is 0 Å². The van der Waals surface area contributed by atoms with Crippen molar-refractivity contribution < 1.29 is 14.2 Å². The molecule has 1 N–H and O–H groups in total. The molecule has 4 nitrogen and oxygen atoms in total. The van der Waals surface area contributed by atoms with Crippen LogP contribution in [0.1, 0.15) is 19.8 Å². The first-order valence-corrected chi connectivity index (χ1v) is 6.33. The molecule has 2 unspecified atom stereocenters. The fourth-order valence-electron chi connectivity index (χ4n) is 2.28. The molecular weight excluding hydrogens is 230 g/mol. The third kappa shape index (κ3) is 3.07. The van der Waals surface area contributed by atoms with Gasteiger partial charge in [-0.25, -0.2) is 0 Å². The molecule has 1 aliphatic rings. The van der Waals surface area contributed by atoms with E-state index in [2.05, 4.69) is 12.2 Å². The van der Waals surface area contributed by atoms with Gasteiger partial charge < -0.3 is 19.5 Å². The third-order valence-electron chi connectivity index (χ3n) is 3.25. The summed E-state index contributed by atoms with van der Waals surface area (Å²) in [4.78, 5) is 0. The molecule has 1 fully saturated rings. The van der Waals surface area contributed by atoms with Gasteiger partial charge in [-0.1, -0.05) is 0 Å². The Kier molecular flexibility index (Phi) is 4.31. The van der Waals surface area contributed by atoms with Gasteiger partial charge in [0.1, 0.15) is 11.5 Å². The van der Waals surface area contributed by atoms with Gasteiger partial charge in [0, 0.05) is 18.7 Å². The summed E-state index contributed by atoms with van der Waals surface area (Å²) in [5, 5.41) is 3.52. The molecule has 4 heteroatoms. The van der Waals surface area contributed by atoms with Gasteiger partial charge in [0.25, 0.3) is 0 Å². The zero-order valence-electron chi connectivity index (χ0n) is 11.2. The summed E-state index contributed by atoms with van der Waals surface area (Å²) in [6.07, 6.45) is 2.35. The van der Waals surface area contributed by atoms with Crippen LogP contribution in [0, 0.1) is 0 Å². The van der Waals surface area contributed by atoms with E-state index in [1.807, 2.05) is 18.2 Å². The number of anilines is 1. The summed E-state index contributed by atoms with van der Waals surface area (Å²) in [7, 11) is 3.35. The topological polar surface area (TPSA) is 39.7 Å². The number of ether oxygens (including phenoxy) is 3. The van der Waals surface area contributed by atoms with Gasteiger partial charge in [0.2, 0.25) is 0 Å². The summed E-state index contributed by atoms with van der Waals surface area (Å²) >= 11 is 0. The van der Waals surface area contributed by atoms with Crippen molar-refractivity contribution in [1.29, 1.82) is 0 Å². The monoisotopic (exact) mass is 251 g/mol. The molecule has 0 bridgehead atoms. The number of hydrogen-bond donors (Lipinski definition) is 1. The normalized spacial score (nSPS) is 23.5. The predicted molar refractivity (Wildman–Crippen MR) is 71.6 cm³/mol. The average molecular weight is 251 g/mol. The van der Waals surface area contributed by atoms with Crippen molar-refractivity contribution in [3.05, 3.63) is 18.2 Å². The van der Waals surface area contributed by atoms with E-state index in [0.29, 0.717) is 12.1 Å². The molecule has 1 aromatic rings. The Hall–Kier alpha value is -1.42. The summed E-state index contributed by atoms with van der Waals surface area (Å²) in [5.41, 5.74) is 0.982. The van der Waals surface area contributed by atoms with Gasteiger partial charge in [-0.05, 0) is 31.9 Å². The second kappa shape index (κ2) is 5.96. The van der Waals surface area contributed by atoms with Crippen molar-refractivity contribution in [2.45, 2.75) is 31.9 Å². The van der Waals surface area contributed by atoms with Gasteiger partial charge in [0.15, 0.2) is 0 Å². The minimum absolute atomic E-state index is 0.313. The first kappa shape index (κ1) is 13.0. The minimum atomic E-state index is 0.313. The first-order chi connectivity index (χ1) is 8.72. The van der Waals surface area contributed by atoms with E-state index < -0.39 is 0 Å². The van der Waals surface area contributed by atoms with Gasteiger partial charge in [-0.3, -0.25) is 0 Å². The van der Waals surface area contributed by atoms with Crippen molar-refractivity contribution in [2.24, 2.45) is 0 Å². The zero-order chi connectivity index (χ0) is 13.0. The van der Waals surface area contributed by atoms with Crippen LogP contribution in [0.25, 0.3) is 0 Å².